The maximum atomic E-state index is 11.6. The minimum Gasteiger partial charge on any atom is -0.453 e. The van der Waals surface area contributed by atoms with E-state index in [0.29, 0.717) is 18.6 Å². The van der Waals surface area contributed by atoms with E-state index in [4.69, 9.17) is 9.52 Å². The molecule has 0 aliphatic heterocycles. The zero-order valence-electron chi connectivity index (χ0n) is 8.27. The molecule has 15 heavy (non-hydrogen) atoms. The molecule has 1 aromatic heterocycles. The topological polar surface area (TPSA) is 50.4 Å². The van der Waals surface area contributed by atoms with Crippen LogP contribution in [0.3, 0.4) is 0 Å². The average Bonchev–Trinajstić information content (AvgIpc) is 2.69. The molecule has 2 aromatic rings. The third-order valence-corrected chi connectivity index (χ3v) is 2.26. The Morgan fingerprint density at radius 2 is 2.13 bits per heavy atom. The van der Waals surface area contributed by atoms with Crippen LogP contribution in [0.25, 0.3) is 11.0 Å². The van der Waals surface area contributed by atoms with E-state index in [1.807, 2.05) is 24.3 Å². The van der Waals surface area contributed by atoms with Gasteiger partial charge in [0.25, 0.3) is 0 Å². The lowest BCUT2D eigenvalue weighted by molar-refractivity contribution is 0.0946. The Bertz CT molecular complexity index is 437. The standard InChI is InChI=1S/C12H12O3/c13-7-3-5-10(14)12-8-9-4-1-2-6-11(9)15-12/h1-2,4,6,8,13H,3,5,7H2. The summed E-state index contributed by atoms with van der Waals surface area (Å²) >= 11 is 0. The summed E-state index contributed by atoms with van der Waals surface area (Å²) in [7, 11) is 0. The van der Waals surface area contributed by atoms with E-state index in [-0.39, 0.29) is 12.4 Å². The number of fused-ring (bicyclic) bond motifs is 1. The number of carbonyl (C=O) groups excluding carboxylic acids is 1. The van der Waals surface area contributed by atoms with Gasteiger partial charge in [0.1, 0.15) is 5.58 Å². The molecule has 3 nitrogen and oxygen atoms in total. The van der Waals surface area contributed by atoms with Crippen molar-refractivity contribution in [2.75, 3.05) is 6.61 Å². The number of carbonyl (C=O) groups is 1. The van der Waals surface area contributed by atoms with E-state index in [1.54, 1.807) is 6.07 Å². The molecule has 1 N–H and O–H groups in total. The molecule has 2 rings (SSSR count). The van der Waals surface area contributed by atoms with Gasteiger partial charge in [0.05, 0.1) is 0 Å². The molecule has 0 fully saturated rings. The number of hydrogen-bond acceptors (Lipinski definition) is 3. The number of aliphatic hydroxyl groups is 1. The van der Waals surface area contributed by atoms with Gasteiger partial charge in [0, 0.05) is 18.4 Å². The molecular formula is C12H12O3. The largest absolute Gasteiger partial charge is 0.453 e. The summed E-state index contributed by atoms with van der Waals surface area (Å²) in [6.45, 7) is 0.0337. The Labute approximate surface area is 87.3 Å². The minimum atomic E-state index is -0.0553. The highest BCUT2D eigenvalue weighted by Crippen LogP contribution is 2.19. The van der Waals surface area contributed by atoms with Gasteiger partial charge in [-0.3, -0.25) is 4.79 Å². The van der Waals surface area contributed by atoms with Crippen molar-refractivity contribution in [3.63, 3.8) is 0 Å². The first kappa shape index (κ1) is 9.93. The molecule has 0 aliphatic carbocycles. The Balaban J connectivity index is 2.25. The Kier molecular flexibility index (Phi) is 2.83. The van der Waals surface area contributed by atoms with Crippen molar-refractivity contribution < 1.29 is 14.3 Å². The molecule has 0 saturated heterocycles. The number of ketones is 1. The highest BCUT2D eigenvalue weighted by atomic mass is 16.3. The van der Waals surface area contributed by atoms with Gasteiger partial charge >= 0.3 is 0 Å². The third kappa shape index (κ3) is 2.07. The second kappa shape index (κ2) is 4.28. The van der Waals surface area contributed by atoms with Crippen LogP contribution in [0, 0.1) is 0 Å². The maximum Gasteiger partial charge on any atom is 0.198 e. The normalized spacial score (nSPS) is 10.7. The van der Waals surface area contributed by atoms with Crippen LogP contribution in [-0.4, -0.2) is 17.5 Å². The minimum absolute atomic E-state index is 0.0337. The first-order valence-electron chi connectivity index (χ1n) is 4.94. The van der Waals surface area contributed by atoms with Crippen LogP contribution >= 0.6 is 0 Å². The van der Waals surface area contributed by atoms with E-state index >= 15 is 0 Å². The number of hydrogen-bond donors (Lipinski definition) is 1. The number of furan rings is 1. The monoisotopic (exact) mass is 204 g/mol. The van der Waals surface area contributed by atoms with Gasteiger partial charge in [-0.05, 0) is 18.6 Å². The zero-order valence-corrected chi connectivity index (χ0v) is 8.27. The van der Waals surface area contributed by atoms with E-state index in [0.717, 1.165) is 11.0 Å². The van der Waals surface area contributed by atoms with Crippen LogP contribution in [0.4, 0.5) is 0 Å². The fraction of sp³-hybridized carbons (Fsp3) is 0.250. The smallest absolute Gasteiger partial charge is 0.198 e. The number of para-hydroxylation sites is 1. The van der Waals surface area contributed by atoms with Gasteiger partial charge in [-0.2, -0.15) is 0 Å². The molecule has 0 radical (unpaired) electrons. The maximum absolute atomic E-state index is 11.6. The Morgan fingerprint density at radius 1 is 1.33 bits per heavy atom. The zero-order chi connectivity index (χ0) is 10.7. The summed E-state index contributed by atoms with van der Waals surface area (Å²) in [4.78, 5) is 11.6. The Morgan fingerprint density at radius 3 is 2.87 bits per heavy atom. The summed E-state index contributed by atoms with van der Waals surface area (Å²) in [5.41, 5.74) is 0.727. The van der Waals surface area contributed by atoms with Crippen LogP contribution in [-0.2, 0) is 0 Å². The van der Waals surface area contributed by atoms with Gasteiger partial charge in [-0.25, -0.2) is 0 Å². The lowest BCUT2D eigenvalue weighted by Gasteiger charge is -1.93. The van der Waals surface area contributed by atoms with Crippen molar-refractivity contribution in [1.29, 1.82) is 0 Å². The molecular weight excluding hydrogens is 192 g/mol. The van der Waals surface area contributed by atoms with E-state index in [1.165, 1.54) is 0 Å². The number of benzene rings is 1. The molecule has 78 valence electrons. The van der Waals surface area contributed by atoms with Gasteiger partial charge in [-0.1, -0.05) is 18.2 Å². The van der Waals surface area contributed by atoms with Crippen LogP contribution in [0.15, 0.2) is 34.7 Å². The number of rotatable bonds is 4. The van der Waals surface area contributed by atoms with E-state index < -0.39 is 0 Å². The van der Waals surface area contributed by atoms with E-state index in [9.17, 15) is 4.79 Å². The van der Waals surface area contributed by atoms with Crippen molar-refractivity contribution in [3.05, 3.63) is 36.1 Å². The first-order valence-corrected chi connectivity index (χ1v) is 4.94. The average molecular weight is 204 g/mol. The van der Waals surface area contributed by atoms with Gasteiger partial charge in [-0.15, -0.1) is 0 Å². The highest BCUT2D eigenvalue weighted by Gasteiger charge is 2.10. The summed E-state index contributed by atoms with van der Waals surface area (Å²) in [5, 5.41) is 9.55. The number of aliphatic hydroxyl groups excluding tert-OH is 1. The van der Waals surface area contributed by atoms with E-state index in [2.05, 4.69) is 0 Å². The fourth-order valence-electron chi connectivity index (χ4n) is 1.48. The Hall–Kier alpha value is -1.61. The first-order chi connectivity index (χ1) is 7.31. The molecule has 3 heteroatoms. The summed E-state index contributed by atoms with van der Waals surface area (Å²) in [6.07, 6.45) is 0.812. The van der Waals surface area contributed by atoms with Gasteiger partial charge in [0.2, 0.25) is 0 Å². The molecule has 0 unspecified atom stereocenters. The van der Waals surface area contributed by atoms with Crippen molar-refractivity contribution in [2.24, 2.45) is 0 Å². The quantitative estimate of drug-likeness (QED) is 0.778. The summed E-state index contributed by atoms with van der Waals surface area (Å²) in [5.74, 6) is 0.324. The molecule has 0 aliphatic rings. The molecule has 0 saturated carbocycles. The van der Waals surface area contributed by atoms with Crippen molar-refractivity contribution in [2.45, 2.75) is 12.8 Å². The van der Waals surface area contributed by atoms with Gasteiger partial charge < -0.3 is 9.52 Å². The highest BCUT2D eigenvalue weighted by molar-refractivity contribution is 5.97. The van der Waals surface area contributed by atoms with Crippen LogP contribution in [0.1, 0.15) is 23.4 Å². The number of Topliss-reactive ketones (excluding diaryl/α,β-unsaturated/α-hetero) is 1. The van der Waals surface area contributed by atoms with Crippen molar-refractivity contribution in [1.82, 2.24) is 0 Å². The molecule has 0 atom stereocenters. The lowest BCUT2D eigenvalue weighted by atomic mass is 10.2. The SMILES string of the molecule is O=C(CCCO)c1cc2ccccc2o1. The molecule has 0 amide bonds. The second-order valence-electron chi connectivity index (χ2n) is 3.40. The predicted molar refractivity (Wildman–Crippen MR) is 56.9 cm³/mol. The third-order valence-electron chi connectivity index (χ3n) is 2.26. The molecule has 0 spiro atoms. The lowest BCUT2D eigenvalue weighted by Crippen LogP contribution is -1.98. The summed E-state index contributed by atoms with van der Waals surface area (Å²) in [6, 6.07) is 9.25. The molecule has 0 bridgehead atoms. The molecule has 1 heterocycles. The predicted octanol–water partition coefficient (Wildman–Crippen LogP) is 2.39. The fourth-order valence-corrected chi connectivity index (χ4v) is 1.48. The van der Waals surface area contributed by atoms with Crippen molar-refractivity contribution >= 4 is 16.8 Å². The van der Waals surface area contributed by atoms with Crippen LogP contribution in [0.5, 0.6) is 0 Å². The van der Waals surface area contributed by atoms with Gasteiger partial charge in [0.15, 0.2) is 11.5 Å². The summed E-state index contributed by atoms with van der Waals surface area (Å²) < 4.78 is 5.40. The van der Waals surface area contributed by atoms with Crippen LogP contribution in [0.2, 0.25) is 0 Å². The molecule has 1 aromatic carbocycles. The van der Waals surface area contributed by atoms with Crippen LogP contribution < -0.4 is 0 Å². The second-order valence-corrected chi connectivity index (χ2v) is 3.40. The van der Waals surface area contributed by atoms with Crippen molar-refractivity contribution in [3.8, 4) is 0 Å².